The summed E-state index contributed by atoms with van der Waals surface area (Å²) in [4.78, 5) is 10.7. The summed E-state index contributed by atoms with van der Waals surface area (Å²) in [7, 11) is 3.44. The van der Waals surface area contributed by atoms with Gasteiger partial charge in [-0.3, -0.25) is 0 Å². The minimum Gasteiger partial charge on any atom is -0.493 e. The van der Waals surface area contributed by atoms with Crippen molar-refractivity contribution in [3.63, 3.8) is 0 Å². The summed E-state index contributed by atoms with van der Waals surface area (Å²) < 4.78 is 54.2. The van der Waals surface area contributed by atoms with E-state index in [0.29, 0.717) is 30.0 Å². The van der Waals surface area contributed by atoms with Gasteiger partial charge in [-0.15, -0.1) is 0 Å². The molecule has 1 fully saturated rings. The van der Waals surface area contributed by atoms with Crippen LogP contribution in [-0.4, -0.2) is 59.4 Å². The number of halogens is 3. The SMILES string of the molecule is COCCN1CCC(CCOc2ccc(-c3cc4c(ncn4C)c(C#N)n3)cc2C(F)(F)F)CC1. The third-order valence-electron chi connectivity index (χ3n) is 6.50. The number of pyridine rings is 1. The van der Waals surface area contributed by atoms with E-state index in [1.54, 1.807) is 37.2 Å². The van der Waals surface area contributed by atoms with Crippen LogP contribution in [0.5, 0.6) is 5.75 Å². The van der Waals surface area contributed by atoms with E-state index in [-0.39, 0.29) is 29.3 Å². The second-order valence-corrected chi connectivity index (χ2v) is 8.81. The lowest BCUT2D eigenvalue weighted by Crippen LogP contribution is -2.36. The number of fused-ring (bicyclic) bond motifs is 1. The van der Waals surface area contributed by atoms with Gasteiger partial charge in [-0.2, -0.15) is 18.4 Å². The average molecular weight is 488 g/mol. The number of nitrogens with zero attached hydrogens (tertiary/aromatic N) is 5. The number of imidazole rings is 1. The molecule has 3 aromatic rings. The molecule has 4 rings (SSSR count). The maximum absolute atomic E-state index is 13.9. The van der Waals surface area contributed by atoms with Crippen LogP contribution in [0, 0.1) is 17.2 Å². The lowest BCUT2D eigenvalue weighted by Gasteiger charge is -2.31. The Morgan fingerprint density at radius 2 is 1.94 bits per heavy atom. The molecule has 2 aromatic heterocycles. The zero-order valence-electron chi connectivity index (χ0n) is 19.8. The first-order valence-electron chi connectivity index (χ1n) is 11.6. The van der Waals surface area contributed by atoms with Gasteiger partial charge in [-0.1, -0.05) is 0 Å². The second-order valence-electron chi connectivity index (χ2n) is 8.81. The quantitative estimate of drug-likeness (QED) is 0.460. The molecule has 0 atom stereocenters. The number of likely N-dealkylation sites (tertiary alicyclic amines) is 1. The number of ether oxygens (including phenoxy) is 2. The number of alkyl halides is 3. The first-order chi connectivity index (χ1) is 16.8. The molecular formula is C25H28F3N5O2. The lowest BCUT2D eigenvalue weighted by atomic mass is 9.94. The summed E-state index contributed by atoms with van der Waals surface area (Å²) >= 11 is 0. The molecule has 0 N–H and O–H groups in total. The average Bonchev–Trinajstić information content (AvgIpc) is 3.23. The minimum atomic E-state index is -4.59. The summed E-state index contributed by atoms with van der Waals surface area (Å²) in [6.07, 6.45) is -0.338. The summed E-state index contributed by atoms with van der Waals surface area (Å²) in [6.45, 7) is 3.76. The lowest BCUT2D eigenvalue weighted by molar-refractivity contribution is -0.138. The molecule has 7 nitrogen and oxygen atoms in total. The number of piperidine rings is 1. The van der Waals surface area contributed by atoms with E-state index in [0.717, 1.165) is 38.5 Å². The zero-order chi connectivity index (χ0) is 25.0. The molecule has 0 unspecified atom stereocenters. The number of hydrogen-bond acceptors (Lipinski definition) is 6. The first kappa shape index (κ1) is 24.9. The topological polar surface area (TPSA) is 76.2 Å². The van der Waals surface area contributed by atoms with Gasteiger partial charge in [0.25, 0.3) is 0 Å². The van der Waals surface area contributed by atoms with Crippen LogP contribution >= 0.6 is 0 Å². The largest absolute Gasteiger partial charge is 0.493 e. The van der Waals surface area contributed by atoms with Crippen LogP contribution in [-0.2, 0) is 18.0 Å². The molecule has 35 heavy (non-hydrogen) atoms. The Balaban J connectivity index is 1.48. The number of nitriles is 1. The van der Waals surface area contributed by atoms with E-state index in [9.17, 15) is 18.4 Å². The van der Waals surface area contributed by atoms with Crippen LogP contribution in [0.2, 0.25) is 0 Å². The van der Waals surface area contributed by atoms with Crippen molar-refractivity contribution in [2.24, 2.45) is 13.0 Å². The van der Waals surface area contributed by atoms with Crippen molar-refractivity contribution in [2.45, 2.75) is 25.4 Å². The number of aromatic nitrogens is 3. The highest BCUT2D eigenvalue weighted by Crippen LogP contribution is 2.39. The van der Waals surface area contributed by atoms with Gasteiger partial charge in [0, 0.05) is 26.3 Å². The van der Waals surface area contributed by atoms with Crippen LogP contribution in [0.1, 0.15) is 30.5 Å². The fraction of sp³-hybridized carbons (Fsp3) is 0.480. The Bertz CT molecular complexity index is 1210. The molecule has 1 saturated heterocycles. The second kappa shape index (κ2) is 10.6. The highest BCUT2D eigenvalue weighted by Gasteiger charge is 2.35. The van der Waals surface area contributed by atoms with Crippen LogP contribution in [0.25, 0.3) is 22.3 Å². The van der Waals surface area contributed by atoms with Crippen LogP contribution in [0.4, 0.5) is 13.2 Å². The summed E-state index contributed by atoms with van der Waals surface area (Å²) in [5.41, 5.74) is 0.783. The highest BCUT2D eigenvalue weighted by atomic mass is 19.4. The maximum atomic E-state index is 13.9. The minimum absolute atomic E-state index is 0.0697. The van der Waals surface area contributed by atoms with Crippen molar-refractivity contribution in [1.82, 2.24) is 19.4 Å². The van der Waals surface area contributed by atoms with E-state index in [4.69, 9.17) is 9.47 Å². The number of benzene rings is 1. The van der Waals surface area contributed by atoms with Gasteiger partial charge < -0.3 is 18.9 Å². The monoisotopic (exact) mass is 487 g/mol. The molecule has 0 bridgehead atoms. The maximum Gasteiger partial charge on any atom is 0.419 e. The number of rotatable bonds is 8. The molecule has 0 amide bonds. The molecule has 0 saturated carbocycles. The van der Waals surface area contributed by atoms with E-state index in [1.807, 2.05) is 6.07 Å². The van der Waals surface area contributed by atoms with Crippen molar-refractivity contribution in [3.05, 3.63) is 41.9 Å². The van der Waals surface area contributed by atoms with E-state index in [1.165, 1.54) is 6.07 Å². The Kier molecular flexibility index (Phi) is 7.57. The third-order valence-corrected chi connectivity index (χ3v) is 6.50. The van der Waals surface area contributed by atoms with E-state index >= 15 is 0 Å². The molecule has 1 aliphatic heterocycles. The molecule has 0 radical (unpaired) electrons. The van der Waals surface area contributed by atoms with Gasteiger partial charge in [-0.05, 0) is 62.5 Å². The van der Waals surface area contributed by atoms with Gasteiger partial charge in [-0.25, -0.2) is 9.97 Å². The van der Waals surface area contributed by atoms with Gasteiger partial charge >= 0.3 is 6.18 Å². The molecule has 0 spiro atoms. The van der Waals surface area contributed by atoms with Crippen LogP contribution < -0.4 is 4.74 Å². The summed E-state index contributed by atoms with van der Waals surface area (Å²) in [6, 6.07) is 7.54. The zero-order valence-corrected chi connectivity index (χ0v) is 19.8. The van der Waals surface area contributed by atoms with Gasteiger partial charge in [0.15, 0.2) is 5.69 Å². The number of methoxy groups -OCH3 is 1. The van der Waals surface area contributed by atoms with Gasteiger partial charge in [0.05, 0.1) is 36.3 Å². The van der Waals surface area contributed by atoms with E-state index in [2.05, 4.69) is 14.9 Å². The Hall–Kier alpha value is -3.16. The fourth-order valence-corrected chi connectivity index (χ4v) is 4.44. The smallest absolute Gasteiger partial charge is 0.419 e. The van der Waals surface area contributed by atoms with Crippen molar-refractivity contribution in [3.8, 4) is 23.1 Å². The predicted molar refractivity (Wildman–Crippen MR) is 125 cm³/mol. The van der Waals surface area contributed by atoms with Crippen LogP contribution in [0.3, 0.4) is 0 Å². The Morgan fingerprint density at radius 3 is 2.63 bits per heavy atom. The molecule has 0 aliphatic carbocycles. The van der Waals surface area contributed by atoms with Crippen molar-refractivity contribution >= 4 is 11.0 Å². The molecular weight excluding hydrogens is 459 g/mol. The highest BCUT2D eigenvalue weighted by molar-refractivity contribution is 5.84. The number of aryl methyl sites for hydroxylation is 1. The third kappa shape index (κ3) is 5.74. The van der Waals surface area contributed by atoms with Gasteiger partial charge in [0.1, 0.15) is 17.3 Å². The van der Waals surface area contributed by atoms with Crippen molar-refractivity contribution in [1.29, 1.82) is 5.26 Å². The molecule has 186 valence electrons. The van der Waals surface area contributed by atoms with Crippen molar-refractivity contribution < 1.29 is 22.6 Å². The summed E-state index contributed by atoms with van der Waals surface area (Å²) in [5.74, 6) is 0.238. The molecule has 1 aliphatic rings. The Labute approximate surface area is 202 Å². The standard InChI is InChI=1S/C25H28F3N5O2/c1-32-16-30-24-21(15-29)31-20(14-22(24)32)18-3-4-23(19(13-18)25(26,27)28)35-11-7-17-5-8-33(9-6-17)10-12-34-2/h3-4,13-14,16-17H,5-12H2,1-2H3. The molecule has 1 aromatic carbocycles. The molecule has 3 heterocycles. The van der Waals surface area contributed by atoms with E-state index < -0.39 is 11.7 Å². The van der Waals surface area contributed by atoms with Crippen LogP contribution in [0.15, 0.2) is 30.6 Å². The fourth-order valence-electron chi connectivity index (χ4n) is 4.44. The summed E-state index contributed by atoms with van der Waals surface area (Å²) in [5, 5.41) is 9.43. The first-order valence-corrected chi connectivity index (χ1v) is 11.6. The Morgan fingerprint density at radius 1 is 1.17 bits per heavy atom. The molecule has 10 heteroatoms. The number of hydrogen-bond donors (Lipinski definition) is 0. The normalized spacial score (nSPS) is 15.4. The van der Waals surface area contributed by atoms with Gasteiger partial charge in [0.2, 0.25) is 0 Å². The van der Waals surface area contributed by atoms with Crippen molar-refractivity contribution in [2.75, 3.05) is 40.0 Å². The predicted octanol–water partition coefficient (Wildman–Crippen LogP) is 4.65.